The van der Waals surface area contributed by atoms with E-state index in [0.717, 1.165) is 9.13 Å². The monoisotopic (exact) mass is 612 g/mol. The second-order valence-electron chi connectivity index (χ2n) is 6.64. The summed E-state index contributed by atoms with van der Waals surface area (Å²) in [6.07, 6.45) is 1.52. The molecule has 5 nitrogen and oxygen atoms in total. The molecule has 3 aromatic carbocycles. The first kappa shape index (κ1) is 23.6. The Labute approximate surface area is 208 Å². The van der Waals surface area contributed by atoms with Crippen molar-refractivity contribution >= 4 is 62.2 Å². The smallest absolute Gasteiger partial charge is 0.271 e. The van der Waals surface area contributed by atoms with Crippen LogP contribution in [0, 0.1) is 10.5 Å². The van der Waals surface area contributed by atoms with Gasteiger partial charge in [0.05, 0.1) is 26.4 Å². The van der Waals surface area contributed by atoms with Crippen LogP contribution >= 0.6 is 50.1 Å². The van der Waals surface area contributed by atoms with Crippen molar-refractivity contribution < 1.29 is 14.3 Å². The Hall–Kier alpha value is -2.10. The molecule has 0 fully saturated rings. The first-order valence-corrected chi connectivity index (χ1v) is 11.5. The first-order chi connectivity index (χ1) is 14.9. The van der Waals surface area contributed by atoms with Crippen molar-refractivity contribution in [3.63, 3.8) is 0 Å². The van der Waals surface area contributed by atoms with Gasteiger partial charge in [-0.05, 0) is 86.9 Å². The van der Waals surface area contributed by atoms with E-state index in [1.165, 1.54) is 11.8 Å². The van der Waals surface area contributed by atoms with Crippen molar-refractivity contribution in [1.29, 1.82) is 0 Å². The van der Waals surface area contributed by atoms with E-state index >= 15 is 0 Å². The van der Waals surface area contributed by atoms with E-state index in [0.29, 0.717) is 38.7 Å². The lowest BCUT2D eigenvalue weighted by Crippen LogP contribution is -2.17. The zero-order valence-electron chi connectivity index (χ0n) is 16.8. The largest absolute Gasteiger partial charge is 0.496 e. The van der Waals surface area contributed by atoms with Crippen molar-refractivity contribution in [3.8, 4) is 11.5 Å². The van der Waals surface area contributed by atoms with Crippen molar-refractivity contribution in [3.05, 3.63) is 89.9 Å². The highest BCUT2D eigenvalue weighted by Crippen LogP contribution is 2.34. The van der Waals surface area contributed by atoms with Crippen LogP contribution in [0.5, 0.6) is 11.5 Å². The number of hydrazone groups is 1. The average molecular weight is 614 g/mol. The van der Waals surface area contributed by atoms with Gasteiger partial charge in [-0.1, -0.05) is 41.4 Å². The SMILES string of the molecule is COc1cc(C(=O)N/N=C\c2cc(Cl)c(OCc3ccc(C)cc3)c(Br)c2)ccc1I. The molecule has 0 aliphatic rings. The summed E-state index contributed by atoms with van der Waals surface area (Å²) in [5, 5.41) is 4.46. The van der Waals surface area contributed by atoms with Crippen LogP contribution in [0.4, 0.5) is 0 Å². The number of aryl methyl sites for hydroxylation is 1. The van der Waals surface area contributed by atoms with Gasteiger partial charge in [0.25, 0.3) is 5.91 Å². The summed E-state index contributed by atoms with van der Waals surface area (Å²) in [7, 11) is 1.56. The van der Waals surface area contributed by atoms with Crippen LogP contribution in [-0.4, -0.2) is 19.2 Å². The molecule has 0 aliphatic heterocycles. The van der Waals surface area contributed by atoms with Crippen molar-refractivity contribution in [2.24, 2.45) is 5.10 Å². The van der Waals surface area contributed by atoms with Crippen molar-refractivity contribution in [1.82, 2.24) is 5.43 Å². The molecule has 1 amide bonds. The van der Waals surface area contributed by atoms with Crippen LogP contribution in [0.25, 0.3) is 0 Å². The molecule has 0 spiro atoms. The molecule has 160 valence electrons. The molecule has 0 saturated heterocycles. The molecule has 0 saturated carbocycles. The maximum atomic E-state index is 12.3. The van der Waals surface area contributed by atoms with Crippen molar-refractivity contribution in [2.75, 3.05) is 7.11 Å². The minimum atomic E-state index is -0.339. The zero-order chi connectivity index (χ0) is 22.4. The Morgan fingerprint density at radius 3 is 2.61 bits per heavy atom. The normalized spacial score (nSPS) is 10.9. The molecule has 3 rings (SSSR count). The Bertz CT molecular complexity index is 1100. The first-order valence-electron chi connectivity index (χ1n) is 9.21. The summed E-state index contributed by atoms with van der Waals surface area (Å²) < 4.78 is 12.7. The number of nitrogens with zero attached hydrogens (tertiary/aromatic N) is 1. The van der Waals surface area contributed by atoms with Crippen LogP contribution in [0.3, 0.4) is 0 Å². The fraction of sp³-hybridized carbons (Fsp3) is 0.130. The summed E-state index contributed by atoms with van der Waals surface area (Å²) in [5.74, 6) is 0.845. The predicted molar refractivity (Wildman–Crippen MR) is 135 cm³/mol. The van der Waals surface area contributed by atoms with Crippen LogP contribution in [-0.2, 0) is 6.61 Å². The lowest BCUT2D eigenvalue weighted by Gasteiger charge is -2.11. The predicted octanol–water partition coefficient (Wildman–Crippen LogP) is 6.37. The highest BCUT2D eigenvalue weighted by Gasteiger charge is 2.10. The number of hydrogen-bond donors (Lipinski definition) is 1. The molecule has 0 heterocycles. The fourth-order valence-corrected chi connectivity index (χ4v) is 4.21. The molecular formula is C23H19BrClIN2O3. The number of rotatable bonds is 7. The highest BCUT2D eigenvalue weighted by atomic mass is 127. The molecule has 0 bridgehead atoms. The quantitative estimate of drug-likeness (QED) is 0.192. The Morgan fingerprint density at radius 1 is 1.19 bits per heavy atom. The fourth-order valence-electron chi connectivity index (χ4n) is 2.66. The van der Waals surface area contributed by atoms with Gasteiger partial charge < -0.3 is 9.47 Å². The van der Waals surface area contributed by atoms with Gasteiger partial charge in [-0.15, -0.1) is 0 Å². The third-order valence-electron chi connectivity index (χ3n) is 4.32. The van der Waals surface area contributed by atoms with Crippen LogP contribution < -0.4 is 14.9 Å². The third kappa shape index (κ3) is 6.44. The Morgan fingerprint density at radius 2 is 1.94 bits per heavy atom. The van der Waals surface area contributed by atoms with E-state index in [2.05, 4.69) is 49.0 Å². The van der Waals surface area contributed by atoms with Crippen LogP contribution in [0.1, 0.15) is 27.0 Å². The van der Waals surface area contributed by atoms with Crippen LogP contribution in [0.15, 0.2) is 64.2 Å². The molecule has 0 unspecified atom stereocenters. The molecule has 0 radical (unpaired) electrons. The van der Waals surface area contributed by atoms with Gasteiger partial charge >= 0.3 is 0 Å². The van der Waals surface area contributed by atoms with Gasteiger partial charge in [0, 0.05) is 5.56 Å². The second kappa shape index (κ2) is 11.0. The number of nitrogens with one attached hydrogen (secondary N) is 1. The molecule has 31 heavy (non-hydrogen) atoms. The van der Waals surface area contributed by atoms with E-state index < -0.39 is 0 Å². The number of halogens is 3. The summed E-state index contributed by atoms with van der Waals surface area (Å²) in [6.45, 7) is 2.44. The third-order valence-corrected chi connectivity index (χ3v) is 6.08. The number of amides is 1. The number of hydrogen-bond acceptors (Lipinski definition) is 4. The van der Waals surface area contributed by atoms with Crippen molar-refractivity contribution in [2.45, 2.75) is 13.5 Å². The van der Waals surface area contributed by atoms with Gasteiger partial charge in [-0.25, -0.2) is 5.43 Å². The number of benzene rings is 3. The number of carbonyl (C=O) groups excluding carboxylic acids is 1. The van der Waals surface area contributed by atoms with Crippen LogP contribution in [0.2, 0.25) is 5.02 Å². The van der Waals surface area contributed by atoms with E-state index in [1.54, 1.807) is 25.3 Å². The van der Waals surface area contributed by atoms with E-state index in [-0.39, 0.29) is 5.91 Å². The van der Waals surface area contributed by atoms with E-state index in [9.17, 15) is 4.79 Å². The zero-order valence-corrected chi connectivity index (χ0v) is 21.3. The molecule has 3 aromatic rings. The molecule has 0 atom stereocenters. The van der Waals surface area contributed by atoms with E-state index in [4.69, 9.17) is 21.1 Å². The summed E-state index contributed by atoms with van der Waals surface area (Å²) in [4.78, 5) is 12.3. The molecule has 8 heteroatoms. The summed E-state index contributed by atoms with van der Waals surface area (Å²) >= 11 is 12.0. The van der Waals surface area contributed by atoms with Gasteiger partial charge in [-0.2, -0.15) is 5.10 Å². The minimum absolute atomic E-state index is 0.339. The minimum Gasteiger partial charge on any atom is -0.496 e. The van der Waals surface area contributed by atoms with Gasteiger partial charge in [0.15, 0.2) is 5.75 Å². The van der Waals surface area contributed by atoms with Gasteiger partial charge in [0.2, 0.25) is 0 Å². The molecule has 0 aromatic heterocycles. The average Bonchev–Trinajstić information content (AvgIpc) is 2.74. The van der Waals surface area contributed by atoms with Gasteiger partial charge in [0.1, 0.15) is 12.4 Å². The standard InChI is InChI=1S/C23H19BrClIN2O3/c1-14-3-5-15(6-4-14)13-31-22-18(24)9-16(10-19(22)25)12-27-28-23(29)17-7-8-20(26)21(11-17)30-2/h3-12H,13H2,1-2H3,(H,28,29)/b27-12-. The molecule has 0 aliphatic carbocycles. The summed E-state index contributed by atoms with van der Waals surface area (Å²) in [5.41, 5.74) is 5.91. The molecule has 1 N–H and O–H groups in total. The lowest BCUT2D eigenvalue weighted by molar-refractivity contribution is 0.0954. The lowest BCUT2D eigenvalue weighted by atomic mass is 10.2. The second-order valence-corrected chi connectivity index (χ2v) is 9.06. The summed E-state index contributed by atoms with van der Waals surface area (Å²) in [6, 6.07) is 16.8. The maximum Gasteiger partial charge on any atom is 0.271 e. The molecular weight excluding hydrogens is 595 g/mol. The van der Waals surface area contributed by atoms with Gasteiger partial charge in [-0.3, -0.25) is 4.79 Å². The highest BCUT2D eigenvalue weighted by molar-refractivity contribution is 14.1. The topological polar surface area (TPSA) is 59.9 Å². The maximum absolute atomic E-state index is 12.3. The Balaban J connectivity index is 1.64. The number of carbonyl (C=O) groups is 1. The van der Waals surface area contributed by atoms with E-state index in [1.807, 2.05) is 43.3 Å². The Kier molecular flexibility index (Phi) is 8.34. The number of ether oxygens (including phenoxy) is 2. The number of methoxy groups -OCH3 is 1.